The molecule has 0 aromatic heterocycles. The molecule has 120 valence electrons. The van der Waals surface area contributed by atoms with Gasteiger partial charge in [0.05, 0.1) is 27.1 Å². The Kier molecular flexibility index (Phi) is 5.54. The van der Waals surface area contributed by atoms with Crippen LogP contribution in [0.15, 0.2) is 23.1 Å². The molecule has 0 fully saturated rings. The summed E-state index contributed by atoms with van der Waals surface area (Å²) in [5.74, 6) is -1.19. The van der Waals surface area contributed by atoms with Crippen molar-refractivity contribution in [2.75, 3.05) is 22.5 Å². The fraction of sp³-hybridized carbons (Fsp3) is 0.333. The van der Waals surface area contributed by atoms with Gasteiger partial charge in [-0.3, -0.25) is 4.72 Å². The fourth-order valence-electron chi connectivity index (χ4n) is 1.21. The zero-order valence-electron chi connectivity index (χ0n) is 10.6. The van der Waals surface area contributed by atoms with Crippen LogP contribution in [0.4, 0.5) is 5.69 Å². The summed E-state index contributed by atoms with van der Waals surface area (Å²) in [6, 6.07) is 3.18. The Balaban J connectivity index is 2.99. The number of sulfonamides is 1. The average molecular weight is 396 g/mol. The van der Waals surface area contributed by atoms with Gasteiger partial charge in [0, 0.05) is 16.9 Å². The molecule has 0 unspecified atom stereocenters. The van der Waals surface area contributed by atoms with Gasteiger partial charge in [0.1, 0.15) is 9.84 Å². The van der Waals surface area contributed by atoms with Crippen LogP contribution in [0.1, 0.15) is 0 Å². The zero-order valence-corrected chi connectivity index (χ0v) is 14.5. The van der Waals surface area contributed by atoms with E-state index >= 15 is 0 Å². The van der Waals surface area contributed by atoms with Gasteiger partial charge in [0.2, 0.25) is 10.0 Å². The van der Waals surface area contributed by atoms with Crippen molar-refractivity contribution in [2.24, 2.45) is 0 Å². The van der Waals surface area contributed by atoms with Crippen molar-refractivity contribution < 1.29 is 25.3 Å². The molecular formula is C9H11Cl2NO6S3. The molecule has 0 aliphatic carbocycles. The van der Waals surface area contributed by atoms with Crippen LogP contribution in [0.3, 0.4) is 0 Å². The molecule has 0 aliphatic rings. The van der Waals surface area contributed by atoms with Crippen LogP contribution >= 0.6 is 22.3 Å². The lowest BCUT2D eigenvalue weighted by Gasteiger charge is -2.09. The van der Waals surface area contributed by atoms with Crippen LogP contribution < -0.4 is 4.72 Å². The van der Waals surface area contributed by atoms with E-state index in [1.165, 1.54) is 0 Å². The third-order valence-electron chi connectivity index (χ3n) is 2.21. The van der Waals surface area contributed by atoms with Crippen LogP contribution in [-0.4, -0.2) is 43.0 Å². The number of rotatable bonds is 6. The van der Waals surface area contributed by atoms with Crippen molar-refractivity contribution in [1.29, 1.82) is 0 Å². The minimum Gasteiger partial charge on any atom is -0.282 e. The second-order valence-corrected chi connectivity index (χ2v) is 11.2. The molecule has 0 bridgehead atoms. The summed E-state index contributed by atoms with van der Waals surface area (Å²) in [6.07, 6.45) is 0.912. The van der Waals surface area contributed by atoms with E-state index in [2.05, 4.69) is 4.72 Å². The van der Waals surface area contributed by atoms with Gasteiger partial charge in [-0.2, -0.15) is 0 Å². The lowest BCUT2D eigenvalue weighted by atomic mass is 10.3. The molecule has 7 nitrogen and oxygen atoms in total. The highest BCUT2D eigenvalue weighted by molar-refractivity contribution is 8.13. The van der Waals surface area contributed by atoms with Gasteiger partial charge in [-0.05, 0) is 18.2 Å². The van der Waals surface area contributed by atoms with E-state index < -0.39 is 40.4 Å². The number of halogens is 2. The number of sulfone groups is 1. The largest absolute Gasteiger partial charge is 0.282 e. The molecule has 0 heterocycles. The highest BCUT2D eigenvalue weighted by Gasteiger charge is 2.18. The van der Waals surface area contributed by atoms with Crippen LogP contribution in [-0.2, 0) is 28.9 Å². The minimum absolute atomic E-state index is 0.0748. The molecule has 0 saturated carbocycles. The smallest absolute Gasteiger partial charge is 0.261 e. The molecule has 12 heteroatoms. The van der Waals surface area contributed by atoms with E-state index in [4.69, 9.17) is 22.3 Å². The summed E-state index contributed by atoms with van der Waals surface area (Å²) in [5.41, 5.74) is -0.0748. The Hall–Kier alpha value is -0.550. The molecule has 0 radical (unpaired) electrons. The Morgan fingerprint density at radius 1 is 1.05 bits per heavy atom. The van der Waals surface area contributed by atoms with Crippen LogP contribution in [0.2, 0.25) is 5.02 Å². The first kappa shape index (κ1) is 18.5. The summed E-state index contributed by atoms with van der Waals surface area (Å²) in [4.78, 5) is -0.284. The van der Waals surface area contributed by atoms with E-state index in [0.717, 1.165) is 24.5 Å². The second-order valence-electron chi connectivity index (χ2n) is 4.13. The lowest BCUT2D eigenvalue weighted by molar-refractivity contribution is 0.593. The molecule has 21 heavy (non-hydrogen) atoms. The third kappa shape index (κ3) is 6.39. The molecular weight excluding hydrogens is 385 g/mol. The maximum Gasteiger partial charge on any atom is 0.261 e. The van der Waals surface area contributed by atoms with Crippen molar-refractivity contribution in [2.45, 2.75) is 4.90 Å². The van der Waals surface area contributed by atoms with Crippen molar-refractivity contribution in [1.82, 2.24) is 0 Å². The van der Waals surface area contributed by atoms with Crippen molar-refractivity contribution in [3.05, 3.63) is 23.2 Å². The third-order valence-corrected chi connectivity index (χ3v) is 6.35. The first-order valence-corrected chi connectivity index (χ1v) is 11.6. The number of nitrogens with one attached hydrogen (secondary N) is 1. The van der Waals surface area contributed by atoms with Gasteiger partial charge in [0.25, 0.3) is 9.05 Å². The molecule has 0 atom stereocenters. The van der Waals surface area contributed by atoms with E-state index in [1.807, 2.05) is 0 Å². The maximum absolute atomic E-state index is 11.7. The topological polar surface area (TPSA) is 114 Å². The molecule has 0 spiro atoms. The summed E-state index contributed by atoms with van der Waals surface area (Å²) in [6.45, 7) is 0. The quantitative estimate of drug-likeness (QED) is 0.719. The standard InChI is InChI=1S/C9H11Cl2NO6S3/c1-19(13,14)4-5-20(15,16)12-9-3-2-7(6-8(9)10)21(11,17)18/h2-3,6,12H,4-5H2,1H3. The Labute approximate surface area is 132 Å². The molecule has 0 amide bonds. The highest BCUT2D eigenvalue weighted by atomic mass is 35.7. The van der Waals surface area contributed by atoms with Gasteiger partial charge in [-0.15, -0.1) is 0 Å². The Morgan fingerprint density at radius 2 is 1.62 bits per heavy atom. The zero-order chi connectivity index (χ0) is 16.5. The summed E-state index contributed by atoms with van der Waals surface area (Å²) in [5, 5.41) is -0.181. The predicted molar refractivity (Wildman–Crippen MR) is 81.6 cm³/mol. The minimum atomic E-state index is -3.98. The number of hydrogen-bond donors (Lipinski definition) is 1. The fourth-order valence-corrected chi connectivity index (χ4v) is 5.04. The Morgan fingerprint density at radius 3 is 2.05 bits per heavy atom. The van der Waals surface area contributed by atoms with Crippen molar-refractivity contribution >= 4 is 56.9 Å². The summed E-state index contributed by atoms with van der Waals surface area (Å²) >= 11 is 5.76. The van der Waals surface area contributed by atoms with Crippen LogP contribution in [0, 0.1) is 0 Å². The summed E-state index contributed by atoms with van der Waals surface area (Å²) in [7, 11) is -6.23. The first-order valence-electron chi connectivity index (χ1n) is 5.23. The van der Waals surface area contributed by atoms with E-state index in [0.29, 0.717) is 0 Å². The van der Waals surface area contributed by atoms with Gasteiger partial charge in [-0.1, -0.05) is 11.6 Å². The predicted octanol–water partition coefficient (Wildman–Crippen LogP) is 1.05. The van der Waals surface area contributed by atoms with Gasteiger partial charge in [-0.25, -0.2) is 25.3 Å². The van der Waals surface area contributed by atoms with E-state index in [-0.39, 0.29) is 15.6 Å². The average Bonchev–Trinajstić information content (AvgIpc) is 2.27. The lowest BCUT2D eigenvalue weighted by Crippen LogP contribution is -2.22. The van der Waals surface area contributed by atoms with Gasteiger partial charge in [0.15, 0.2) is 0 Å². The van der Waals surface area contributed by atoms with Crippen LogP contribution in [0.5, 0.6) is 0 Å². The van der Waals surface area contributed by atoms with Crippen molar-refractivity contribution in [3.8, 4) is 0 Å². The highest BCUT2D eigenvalue weighted by Crippen LogP contribution is 2.27. The number of anilines is 1. The van der Waals surface area contributed by atoms with Crippen molar-refractivity contribution in [3.63, 3.8) is 0 Å². The molecule has 1 N–H and O–H groups in total. The van der Waals surface area contributed by atoms with E-state index in [9.17, 15) is 25.3 Å². The SMILES string of the molecule is CS(=O)(=O)CCS(=O)(=O)Nc1ccc(S(=O)(=O)Cl)cc1Cl. The second kappa shape index (κ2) is 6.29. The number of benzene rings is 1. The normalized spacial score (nSPS) is 13.1. The van der Waals surface area contributed by atoms with E-state index in [1.54, 1.807) is 0 Å². The molecule has 0 aliphatic heterocycles. The molecule has 1 aromatic carbocycles. The van der Waals surface area contributed by atoms with Gasteiger partial charge >= 0.3 is 0 Å². The number of hydrogen-bond acceptors (Lipinski definition) is 6. The molecule has 1 aromatic rings. The van der Waals surface area contributed by atoms with Gasteiger partial charge < -0.3 is 0 Å². The molecule has 1 rings (SSSR count). The summed E-state index contributed by atoms with van der Waals surface area (Å²) < 4.78 is 69.6. The first-order chi connectivity index (χ1) is 9.30. The van der Waals surface area contributed by atoms with Crippen LogP contribution in [0.25, 0.3) is 0 Å². The Bertz CT molecular complexity index is 845. The monoisotopic (exact) mass is 395 g/mol. The maximum atomic E-state index is 11.7. The molecule has 0 saturated heterocycles.